The minimum Gasteiger partial charge on any atom is -0.490 e. The van der Waals surface area contributed by atoms with Crippen molar-refractivity contribution in [2.45, 2.75) is 12.6 Å². The largest absolute Gasteiger partial charge is 0.490 e. The van der Waals surface area contributed by atoms with Gasteiger partial charge in [-0.3, -0.25) is 0 Å². The number of imidazole rings is 1. The highest BCUT2D eigenvalue weighted by molar-refractivity contribution is 5.88. The fraction of sp³-hybridized carbons (Fsp3) is 0.190. The smallest absolute Gasteiger partial charge is 0.244 e. The van der Waals surface area contributed by atoms with E-state index in [1.54, 1.807) is 0 Å². The molecule has 4 nitrogen and oxygen atoms in total. The number of aryl methyl sites for hydroxylation is 1. The number of benzene rings is 3. The van der Waals surface area contributed by atoms with Crippen LogP contribution >= 0.6 is 0 Å². The Morgan fingerprint density at radius 3 is 2.68 bits per heavy atom. The van der Waals surface area contributed by atoms with Gasteiger partial charge in [-0.25, -0.2) is 9.13 Å². The molecule has 0 aliphatic rings. The van der Waals surface area contributed by atoms with Crippen LogP contribution in [-0.2, 0) is 13.6 Å². The Balaban J connectivity index is 1.49. The summed E-state index contributed by atoms with van der Waals surface area (Å²) in [7, 11) is 2.01. The Labute approximate surface area is 146 Å². The molecule has 1 atom stereocenters. The maximum atomic E-state index is 10.4. The molecular formula is C21H21N2O2+. The zero-order valence-electron chi connectivity index (χ0n) is 14.2. The number of fused-ring (bicyclic) bond motifs is 2. The van der Waals surface area contributed by atoms with Crippen LogP contribution in [0.25, 0.3) is 21.8 Å². The molecule has 1 heterocycles. The van der Waals surface area contributed by atoms with Gasteiger partial charge in [0, 0.05) is 5.39 Å². The van der Waals surface area contributed by atoms with Crippen LogP contribution < -0.4 is 9.30 Å². The number of para-hydroxylation sites is 2. The quantitative estimate of drug-likeness (QED) is 0.570. The van der Waals surface area contributed by atoms with Gasteiger partial charge in [-0.1, -0.05) is 48.5 Å². The predicted molar refractivity (Wildman–Crippen MR) is 98.6 cm³/mol. The van der Waals surface area contributed by atoms with Gasteiger partial charge in [0.1, 0.15) is 25.0 Å². The van der Waals surface area contributed by atoms with Crippen LogP contribution in [0.4, 0.5) is 0 Å². The van der Waals surface area contributed by atoms with E-state index in [-0.39, 0.29) is 6.61 Å². The van der Waals surface area contributed by atoms with Crippen molar-refractivity contribution in [3.05, 3.63) is 73.1 Å². The first-order chi connectivity index (χ1) is 12.2. The van der Waals surface area contributed by atoms with Gasteiger partial charge in [0.2, 0.25) is 6.33 Å². The van der Waals surface area contributed by atoms with Crippen LogP contribution in [0.15, 0.2) is 73.1 Å². The Kier molecular flexibility index (Phi) is 4.12. The van der Waals surface area contributed by atoms with Gasteiger partial charge in [-0.2, -0.15) is 0 Å². The number of nitrogens with zero attached hydrogens (tertiary/aromatic N) is 2. The lowest BCUT2D eigenvalue weighted by molar-refractivity contribution is -0.645. The summed E-state index contributed by atoms with van der Waals surface area (Å²) in [4.78, 5) is 0. The van der Waals surface area contributed by atoms with Crippen LogP contribution in [0.1, 0.15) is 0 Å². The highest BCUT2D eigenvalue weighted by atomic mass is 16.5. The topological polar surface area (TPSA) is 38.3 Å². The van der Waals surface area contributed by atoms with E-state index < -0.39 is 6.10 Å². The lowest BCUT2D eigenvalue weighted by Crippen LogP contribution is -2.27. The van der Waals surface area contributed by atoms with Crippen molar-refractivity contribution in [1.29, 1.82) is 0 Å². The molecule has 1 aromatic heterocycles. The maximum absolute atomic E-state index is 10.4. The Morgan fingerprint density at radius 2 is 1.76 bits per heavy atom. The van der Waals surface area contributed by atoms with Gasteiger partial charge in [0.15, 0.2) is 11.0 Å². The molecule has 0 aliphatic carbocycles. The highest BCUT2D eigenvalue weighted by Gasteiger charge is 2.16. The molecule has 0 amide bonds. The average Bonchev–Trinajstić information content (AvgIpc) is 2.96. The molecule has 1 N–H and O–H groups in total. The number of aliphatic hydroxyl groups is 1. The van der Waals surface area contributed by atoms with E-state index in [0.717, 1.165) is 27.6 Å². The molecule has 4 heteroatoms. The number of ether oxygens (including phenoxy) is 1. The van der Waals surface area contributed by atoms with Crippen molar-refractivity contribution in [1.82, 2.24) is 4.57 Å². The average molecular weight is 333 g/mol. The number of hydrogen-bond acceptors (Lipinski definition) is 2. The minimum atomic E-state index is -0.588. The van der Waals surface area contributed by atoms with E-state index in [2.05, 4.69) is 33.4 Å². The van der Waals surface area contributed by atoms with Gasteiger partial charge < -0.3 is 9.84 Å². The number of rotatable bonds is 5. The molecule has 0 bridgehead atoms. The second-order valence-electron chi connectivity index (χ2n) is 6.31. The molecule has 3 aromatic carbocycles. The second kappa shape index (κ2) is 6.57. The lowest BCUT2D eigenvalue weighted by atomic mass is 10.1. The van der Waals surface area contributed by atoms with Crippen LogP contribution in [-0.4, -0.2) is 22.4 Å². The first kappa shape index (κ1) is 15.7. The summed E-state index contributed by atoms with van der Waals surface area (Å²) in [5, 5.41) is 12.7. The highest BCUT2D eigenvalue weighted by Crippen LogP contribution is 2.25. The molecule has 0 saturated carbocycles. The van der Waals surface area contributed by atoms with Gasteiger partial charge in [-0.05, 0) is 23.6 Å². The van der Waals surface area contributed by atoms with Crippen molar-refractivity contribution < 1.29 is 14.4 Å². The first-order valence-electron chi connectivity index (χ1n) is 8.44. The summed E-state index contributed by atoms with van der Waals surface area (Å²) in [6.45, 7) is 0.746. The predicted octanol–water partition coefficient (Wildman–Crippen LogP) is 3.06. The Bertz CT molecular complexity index is 1020. The number of hydrogen-bond donors (Lipinski definition) is 1. The van der Waals surface area contributed by atoms with Crippen molar-refractivity contribution in [2.75, 3.05) is 6.61 Å². The molecule has 0 saturated heterocycles. The van der Waals surface area contributed by atoms with Crippen LogP contribution in [0.2, 0.25) is 0 Å². The fourth-order valence-electron chi connectivity index (χ4n) is 3.27. The zero-order chi connectivity index (χ0) is 17.2. The second-order valence-corrected chi connectivity index (χ2v) is 6.31. The van der Waals surface area contributed by atoms with Crippen molar-refractivity contribution >= 4 is 21.8 Å². The van der Waals surface area contributed by atoms with Gasteiger partial charge >= 0.3 is 0 Å². The molecule has 126 valence electrons. The third-order valence-electron chi connectivity index (χ3n) is 4.47. The summed E-state index contributed by atoms with van der Waals surface area (Å²) >= 11 is 0. The van der Waals surface area contributed by atoms with Crippen LogP contribution in [0, 0.1) is 0 Å². The number of aliphatic hydroxyl groups excluding tert-OH is 1. The van der Waals surface area contributed by atoms with Crippen molar-refractivity contribution in [3.8, 4) is 5.75 Å². The van der Waals surface area contributed by atoms with Gasteiger partial charge in [0.05, 0.1) is 7.05 Å². The van der Waals surface area contributed by atoms with Gasteiger partial charge in [-0.15, -0.1) is 0 Å². The number of aromatic nitrogens is 2. The lowest BCUT2D eigenvalue weighted by Gasteiger charge is -2.12. The van der Waals surface area contributed by atoms with E-state index in [1.807, 2.05) is 55.8 Å². The summed E-state index contributed by atoms with van der Waals surface area (Å²) in [6.07, 6.45) is 1.42. The Morgan fingerprint density at radius 1 is 1.00 bits per heavy atom. The van der Waals surface area contributed by atoms with E-state index in [9.17, 15) is 5.11 Å². The summed E-state index contributed by atoms with van der Waals surface area (Å²) in [5.74, 6) is 0.806. The summed E-state index contributed by atoms with van der Waals surface area (Å²) in [6, 6.07) is 22.3. The molecule has 0 aliphatic heterocycles. The van der Waals surface area contributed by atoms with E-state index in [1.165, 1.54) is 0 Å². The Hall–Kier alpha value is -2.85. The van der Waals surface area contributed by atoms with Crippen molar-refractivity contribution in [2.24, 2.45) is 7.05 Å². The summed E-state index contributed by atoms with van der Waals surface area (Å²) in [5.41, 5.74) is 2.25. The molecule has 4 rings (SSSR count). The molecule has 4 aromatic rings. The monoisotopic (exact) mass is 333 g/mol. The third kappa shape index (κ3) is 3.08. The van der Waals surface area contributed by atoms with Crippen molar-refractivity contribution in [3.63, 3.8) is 0 Å². The van der Waals surface area contributed by atoms with E-state index >= 15 is 0 Å². The molecule has 0 spiro atoms. The fourth-order valence-corrected chi connectivity index (χ4v) is 3.27. The molecule has 0 fully saturated rings. The molecule has 25 heavy (non-hydrogen) atoms. The minimum absolute atomic E-state index is 0.254. The maximum Gasteiger partial charge on any atom is 0.244 e. The third-order valence-corrected chi connectivity index (χ3v) is 4.47. The zero-order valence-corrected chi connectivity index (χ0v) is 14.2. The van der Waals surface area contributed by atoms with E-state index in [4.69, 9.17) is 4.74 Å². The standard InChI is InChI=1S/C21H21N2O2/c1-22-15-23(20-11-5-4-10-19(20)22)13-17(24)14-25-21-12-6-8-16-7-2-3-9-18(16)21/h2-12,15,17,24H,13-14H2,1H3/q+1/t17-/m0/s1. The SMILES string of the molecule is C[n+]1cn(C[C@H](O)COc2cccc3ccccc23)c2ccccc21. The molecule has 0 unspecified atom stereocenters. The first-order valence-corrected chi connectivity index (χ1v) is 8.44. The van der Waals surface area contributed by atoms with Crippen LogP contribution in [0.5, 0.6) is 5.75 Å². The summed E-state index contributed by atoms with van der Waals surface area (Å²) < 4.78 is 10.0. The van der Waals surface area contributed by atoms with Gasteiger partial charge in [0.25, 0.3) is 0 Å². The van der Waals surface area contributed by atoms with Crippen LogP contribution in [0.3, 0.4) is 0 Å². The van der Waals surface area contributed by atoms with E-state index in [0.29, 0.717) is 6.54 Å². The molecule has 0 radical (unpaired) electrons. The normalized spacial score (nSPS) is 12.6. The molecular weight excluding hydrogens is 312 g/mol.